The van der Waals surface area contributed by atoms with Crippen molar-refractivity contribution in [1.82, 2.24) is 4.98 Å². The topological polar surface area (TPSA) is 83.6 Å². The van der Waals surface area contributed by atoms with Crippen LogP contribution in [0.3, 0.4) is 0 Å². The number of aromatic amines is 1. The molecule has 0 atom stereocenters. The summed E-state index contributed by atoms with van der Waals surface area (Å²) in [4.78, 5) is 14.7. The summed E-state index contributed by atoms with van der Waals surface area (Å²) in [6, 6.07) is 16.7. The second-order valence-electron chi connectivity index (χ2n) is 4.76. The van der Waals surface area contributed by atoms with Crippen molar-refractivity contribution in [3.8, 4) is 0 Å². The number of hydrogen-bond acceptors (Lipinski definition) is 4. The number of hydrogen-bond donors (Lipinski definition) is 2. The molecule has 1 heterocycles. The summed E-state index contributed by atoms with van der Waals surface area (Å²) >= 11 is 0. The number of nitrogens with two attached hydrogens (primary N) is 1. The maximum atomic E-state index is 11.9. The smallest absolute Gasteiger partial charge is 0.257 e. The zero-order valence-corrected chi connectivity index (χ0v) is 11.7. The van der Waals surface area contributed by atoms with E-state index in [0.717, 1.165) is 16.5 Å². The highest BCUT2D eigenvalue weighted by atomic mass is 16.1. The van der Waals surface area contributed by atoms with E-state index in [0.29, 0.717) is 11.3 Å². The summed E-state index contributed by atoms with van der Waals surface area (Å²) < 4.78 is 0. The predicted molar refractivity (Wildman–Crippen MR) is 90.6 cm³/mol. The first kappa shape index (κ1) is 13.8. The molecule has 5 nitrogen and oxygen atoms in total. The van der Waals surface area contributed by atoms with Crippen LogP contribution >= 0.6 is 0 Å². The van der Waals surface area contributed by atoms with E-state index in [9.17, 15) is 4.79 Å². The summed E-state index contributed by atoms with van der Waals surface area (Å²) in [6.07, 6.45) is 2.99. The van der Waals surface area contributed by atoms with Gasteiger partial charge in [-0.2, -0.15) is 10.2 Å². The molecule has 0 bridgehead atoms. The minimum absolute atomic E-state index is 0.197. The van der Waals surface area contributed by atoms with E-state index in [1.807, 2.05) is 42.5 Å². The molecule has 2 aromatic carbocycles. The van der Waals surface area contributed by atoms with Gasteiger partial charge < -0.3 is 10.7 Å². The van der Waals surface area contributed by atoms with Crippen LogP contribution in [0.4, 0.5) is 5.69 Å². The van der Waals surface area contributed by atoms with Crippen LogP contribution in [0, 0.1) is 0 Å². The normalized spacial score (nSPS) is 11.6. The standard InChI is InChI=1S/C17H14N4O/c18-15-7-3-1-6-13(15)10-19-20-11-14-9-12-5-2-4-8-16(12)21-17(14)22/h1-11H,18H2,(H,21,22)/b19-10-,20-11-. The lowest BCUT2D eigenvalue weighted by Gasteiger charge is -1.98. The Morgan fingerprint density at radius 1 is 0.909 bits per heavy atom. The van der Waals surface area contributed by atoms with Crippen molar-refractivity contribution in [1.29, 1.82) is 0 Å². The highest BCUT2D eigenvalue weighted by Gasteiger charge is 1.99. The number of nitrogen functional groups attached to an aromatic ring is 1. The molecule has 0 saturated carbocycles. The Bertz CT molecular complexity index is 925. The molecule has 1 aromatic heterocycles. The lowest BCUT2D eigenvalue weighted by Crippen LogP contribution is -2.11. The first-order chi connectivity index (χ1) is 10.7. The van der Waals surface area contributed by atoms with Crippen LogP contribution in [-0.2, 0) is 0 Å². The van der Waals surface area contributed by atoms with Gasteiger partial charge in [0.2, 0.25) is 0 Å². The Kier molecular flexibility index (Phi) is 3.78. The molecule has 108 valence electrons. The van der Waals surface area contributed by atoms with Crippen molar-refractivity contribution in [2.75, 3.05) is 5.73 Å². The third kappa shape index (κ3) is 2.93. The van der Waals surface area contributed by atoms with Gasteiger partial charge in [-0.3, -0.25) is 4.79 Å². The van der Waals surface area contributed by atoms with Gasteiger partial charge in [0.25, 0.3) is 5.56 Å². The number of rotatable bonds is 3. The van der Waals surface area contributed by atoms with Gasteiger partial charge in [0.05, 0.1) is 18.0 Å². The maximum Gasteiger partial charge on any atom is 0.257 e. The molecule has 5 heteroatoms. The third-order valence-corrected chi connectivity index (χ3v) is 3.24. The number of benzene rings is 2. The highest BCUT2D eigenvalue weighted by Crippen LogP contribution is 2.09. The molecule has 0 unspecified atom stereocenters. The Balaban J connectivity index is 1.85. The van der Waals surface area contributed by atoms with Gasteiger partial charge in [0.15, 0.2) is 0 Å². The van der Waals surface area contributed by atoms with Crippen molar-refractivity contribution < 1.29 is 0 Å². The Morgan fingerprint density at radius 2 is 1.59 bits per heavy atom. The van der Waals surface area contributed by atoms with E-state index in [4.69, 9.17) is 5.73 Å². The molecule has 0 fully saturated rings. The molecule has 0 spiro atoms. The first-order valence-electron chi connectivity index (χ1n) is 6.77. The number of fused-ring (bicyclic) bond motifs is 1. The minimum atomic E-state index is -0.197. The van der Waals surface area contributed by atoms with Crippen molar-refractivity contribution in [3.63, 3.8) is 0 Å². The highest BCUT2D eigenvalue weighted by molar-refractivity contribution is 5.89. The lowest BCUT2D eigenvalue weighted by atomic mass is 10.2. The zero-order chi connectivity index (χ0) is 15.4. The molecule has 3 aromatic rings. The van der Waals surface area contributed by atoms with Gasteiger partial charge in [-0.1, -0.05) is 36.4 Å². The fourth-order valence-electron chi connectivity index (χ4n) is 2.08. The number of para-hydroxylation sites is 2. The molecule has 0 amide bonds. The van der Waals surface area contributed by atoms with E-state index in [2.05, 4.69) is 15.2 Å². The van der Waals surface area contributed by atoms with Crippen LogP contribution in [0.2, 0.25) is 0 Å². The fourth-order valence-corrected chi connectivity index (χ4v) is 2.08. The Labute approximate surface area is 126 Å². The van der Waals surface area contributed by atoms with Crippen molar-refractivity contribution >= 4 is 29.0 Å². The molecule has 0 aliphatic heterocycles. The molecule has 0 saturated heterocycles. The van der Waals surface area contributed by atoms with E-state index in [-0.39, 0.29) is 5.56 Å². The number of pyridine rings is 1. The number of nitrogens with one attached hydrogen (secondary N) is 1. The monoisotopic (exact) mass is 290 g/mol. The molecule has 0 radical (unpaired) electrons. The fraction of sp³-hybridized carbons (Fsp3) is 0. The molecular weight excluding hydrogens is 276 g/mol. The van der Waals surface area contributed by atoms with Gasteiger partial charge in [-0.15, -0.1) is 0 Å². The van der Waals surface area contributed by atoms with E-state index >= 15 is 0 Å². The average Bonchev–Trinajstić information content (AvgIpc) is 2.53. The summed E-state index contributed by atoms with van der Waals surface area (Å²) in [5.41, 5.74) is 8.27. The number of H-pyrrole nitrogens is 1. The van der Waals surface area contributed by atoms with Crippen LogP contribution in [-0.4, -0.2) is 17.4 Å². The van der Waals surface area contributed by atoms with Crippen LogP contribution in [0.25, 0.3) is 10.9 Å². The summed E-state index contributed by atoms with van der Waals surface area (Å²) in [5, 5.41) is 8.79. The Morgan fingerprint density at radius 3 is 2.41 bits per heavy atom. The van der Waals surface area contributed by atoms with Crippen LogP contribution in [0.5, 0.6) is 0 Å². The predicted octanol–water partition coefficient (Wildman–Crippen LogP) is 2.56. The van der Waals surface area contributed by atoms with Gasteiger partial charge >= 0.3 is 0 Å². The lowest BCUT2D eigenvalue weighted by molar-refractivity contribution is 1.24. The second-order valence-corrected chi connectivity index (χ2v) is 4.76. The number of aromatic nitrogens is 1. The van der Waals surface area contributed by atoms with Gasteiger partial charge in [-0.25, -0.2) is 0 Å². The zero-order valence-electron chi connectivity index (χ0n) is 11.7. The van der Waals surface area contributed by atoms with Crippen LogP contribution < -0.4 is 11.3 Å². The van der Waals surface area contributed by atoms with Crippen LogP contribution in [0.15, 0.2) is 69.6 Å². The van der Waals surface area contributed by atoms with Crippen LogP contribution in [0.1, 0.15) is 11.1 Å². The molecule has 0 aliphatic carbocycles. The minimum Gasteiger partial charge on any atom is -0.398 e. The van der Waals surface area contributed by atoms with Crippen molar-refractivity contribution in [2.24, 2.45) is 10.2 Å². The molecule has 3 N–H and O–H groups in total. The number of anilines is 1. The average molecular weight is 290 g/mol. The number of nitrogens with zero attached hydrogens (tertiary/aromatic N) is 2. The first-order valence-corrected chi connectivity index (χ1v) is 6.77. The summed E-state index contributed by atoms with van der Waals surface area (Å²) in [5.74, 6) is 0. The largest absolute Gasteiger partial charge is 0.398 e. The molecule has 22 heavy (non-hydrogen) atoms. The second kappa shape index (κ2) is 6.05. The van der Waals surface area contributed by atoms with E-state index in [1.54, 1.807) is 18.3 Å². The SMILES string of the molecule is Nc1ccccc1/C=N\N=C/c1cc2ccccc2[nH]c1=O. The Hall–Kier alpha value is -3.21. The van der Waals surface area contributed by atoms with Crippen molar-refractivity contribution in [2.45, 2.75) is 0 Å². The third-order valence-electron chi connectivity index (χ3n) is 3.24. The summed E-state index contributed by atoms with van der Waals surface area (Å²) in [6.45, 7) is 0. The van der Waals surface area contributed by atoms with Gasteiger partial charge in [0.1, 0.15) is 0 Å². The van der Waals surface area contributed by atoms with Crippen molar-refractivity contribution in [3.05, 3.63) is 76.1 Å². The maximum absolute atomic E-state index is 11.9. The molecule has 0 aliphatic rings. The molecular formula is C17H14N4O. The van der Waals surface area contributed by atoms with E-state index < -0.39 is 0 Å². The van der Waals surface area contributed by atoms with Gasteiger partial charge in [0, 0.05) is 16.8 Å². The van der Waals surface area contributed by atoms with Gasteiger partial charge in [-0.05, 0) is 23.6 Å². The quantitative estimate of drug-likeness (QED) is 0.441. The van der Waals surface area contributed by atoms with E-state index in [1.165, 1.54) is 6.21 Å². The molecule has 3 rings (SSSR count). The summed E-state index contributed by atoms with van der Waals surface area (Å²) in [7, 11) is 0.